The van der Waals surface area contributed by atoms with Gasteiger partial charge in [-0.3, -0.25) is 9.59 Å². The fourth-order valence-electron chi connectivity index (χ4n) is 1.90. The van der Waals surface area contributed by atoms with Crippen LogP contribution >= 0.6 is 0 Å². The number of carbonyl (C=O) groups is 2. The Morgan fingerprint density at radius 3 is 2.94 bits per heavy atom. The molecule has 0 spiro atoms. The lowest BCUT2D eigenvalue weighted by atomic mass is 10.1. The Balaban J connectivity index is 2.00. The van der Waals surface area contributed by atoms with Crippen molar-refractivity contribution in [2.24, 2.45) is 11.5 Å². The molecule has 7 nitrogen and oxygen atoms in total. The van der Waals surface area contributed by atoms with E-state index < -0.39 is 11.9 Å². The summed E-state index contributed by atoms with van der Waals surface area (Å²) < 4.78 is 1.99. The highest BCUT2D eigenvalue weighted by Crippen LogP contribution is 2.11. The molecule has 1 unspecified atom stereocenters. The maximum Gasteiger partial charge on any atom is 0.240 e. The first-order chi connectivity index (χ1) is 8.08. The highest BCUT2D eigenvalue weighted by molar-refractivity contribution is 5.87. The van der Waals surface area contributed by atoms with Gasteiger partial charge in [0.1, 0.15) is 5.82 Å². The fourth-order valence-corrected chi connectivity index (χ4v) is 1.90. The Kier molecular flexibility index (Phi) is 3.10. The van der Waals surface area contributed by atoms with Gasteiger partial charge in [-0.15, -0.1) is 0 Å². The first-order valence-corrected chi connectivity index (χ1v) is 5.40. The second kappa shape index (κ2) is 4.54. The summed E-state index contributed by atoms with van der Waals surface area (Å²) in [6, 6.07) is -0.853. The number of hydrogen-bond donors (Lipinski definition) is 2. The minimum absolute atomic E-state index is 0.121. The van der Waals surface area contributed by atoms with Crippen molar-refractivity contribution >= 4 is 11.8 Å². The first-order valence-electron chi connectivity index (χ1n) is 5.40. The lowest BCUT2D eigenvalue weighted by molar-refractivity contribution is -0.136. The van der Waals surface area contributed by atoms with Gasteiger partial charge in [0.15, 0.2) is 0 Å². The summed E-state index contributed by atoms with van der Waals surface area (Å²) in [4.78, 5) is 28.4. The van der Waals surface area contributed by atoms with Crippen molar-refractivity contribution < 1.29 is 9.59 Å². The number of imidazole rings is 1. The molecule has 0 radical (unpaired) electrons. The van der Waals surface area contributed by atoms with Gasteiger partial charge in [0.2, 0.25) is 11.8 Å². The SMILES string of the molecule is NC(=O)CC(N)C(=O)N1CCn2ccnc2C1. The Bertz CT molecular complexity index is 442. The van der Waals surface area contributed by atoms with Gasteiger partial charge in [-0.25, -0.2) is 4.98 Å². The molecule has 2 amide bonds. The van der Waals surface area contributed by atoms with Crippen molar-refractivity contribution in [3.05, 3.63) is 18.2 Å². The summed E-state index contributed by atoms with van der Waals surface area (Å²) in [6.45, 7) is 1.71. The Morgan fingerprint density at radius 1 is 1.47 bits per heavy atom. The maximum atomic E-state index is 11.9. The molecule has 1 aliphatic rings. The Morgan fingerprint density at radius 2 is 2.24 bits per heavy atom. The minimum Gasteiger partial charge on any atom is -0.370 e. The third-order valence-electron chi connectivity index (χ3n) is 2.79. The molecule has 2 heterocycles. The lowest BCUT2D eigenvalue weighted by Gasteiger charge is -2.29. The first kappa shape index (κ1) is 11.6. The van der Waals surface area contributed by atoms with Gasteiger partial charge < -0.3 is 20.9 Å². The topological polar surface area (TPSA) is 107 Å². The van der Waals surface area contributed by atoms with E-state index in [2.05, 4.69) is 4.98 Å². The maximum absolute atomic E-state index is 11.9. The van der Waals surface area contributed by atoms with Crippen LogP contribution in [0.25, 0.3) is 0 Å². The molecule has 0 aromatic carbocycles. The quantitative estimate of drug-likeness (QED) is 0.662. The molecule has 1 aliphatic heterocycles. The van der Waals surface area contributed by atoms with Gasteiger partial charge in [0.05, 0.1) is 19.0 Å². The average Bonchev–Trinajstić information content (AvgIpc) is 2.73. The van der Waals surface area contributed by atoms with E-state index in [1.54, 1.807) is 11.1 Å². The van der Waals surface area contributed by atoms with Crippen LogP contribution in [0.3, 0.4) is 0 Å². The van der Waals surface area contributed by atoms with Gasteiger partial charge in [0, 0.05) is 25.5 Å². The molecule has 0 fully saturated rings. The number of carbonyl (C=O) groups excluding carboxylic acids is 2. The van der Waals surface area contributed by atoms with Crippen LogP contribution in [0.1, 0.15) is 12.2 Å². The molecular formula is C10H15N5O2. The Hall–Kier alpha value is -1.89. The van der Waals surface area contributed by atoms with E-state index in [1.807, 2.05) is 10.8 Å². The van der Waals surface area contributed by atoms with E-state index in [-0.39, 0.29) is 12.3 Å². The zero-order valence-corrected chi connectivity index (χ0v) is 9.37. The lowest BCUT2D eigenvalue weighted by Crippen LogP contribution is -2.48. The van der Waals surface area contributed by atoms with Crippen LogP contribution in [-0.2, 0) is 22.7 Å². The molecule has 0 aliphatic carbocycles. The van der Waals surface area contributed by atoms with Crippen molar-refractivity contribution in [3.8, 4) is 0 Å². The highest BCUT2D eigenvalue weighted by atomic mass is 16.2. The number of primary amides is 1. The molecule has 2 rings (SSSR count). The third kappa shape index (κ3) is 2.44. The summed E-state index contributed by atoms with van der Waals surface area (Å²) in [6.07, 6.45) is 3.46. The zero-order chi connectivity index (χ0) is 12.4. The van der Waals surface area contributed by atoms with E-state index >= 15 is 0 Å². The number of amides is 2. The summed E-state index contributed by atoms with van der Waals surface area (Å²) in [5.41, 5.74) is 10.6. The number of aromatic nitrogens is 2. The van der Waals surface area contributed by atoms with Crippen molar-refractivity contribution in [2.45, 2.75) is 25.6 Å². The fraction of sp³-hybridized carbons (Fsp3) is 0.500. The second-order valence-corrected chi connectivity index (χ2v) is 4.07. The Labute approximate surface area is 98.4 Å². The van der Waals surface area contributed by atoms with E-state index in [1.165, 1.54) is 0 Å². The van der Waals surface area contributed by atoms with Crippen LogP contribution in [0.5, 0.6) is 0 Å². The monoisotopic (exact) mass is 237 g/mol. The highest BCUT2D eigenvalue weighted by Gasteiger charge is 2.26. The molecule has 0 saturated heterocycles. The number of hydrogen-bond acceptors (Lipinski definition) is 4. The molecule has 1 aromatic heterocycles. The number of nitrogens with two attached hydrogens (primary N) is 2. The molecule has 92 valence electrons. The molecule has 4 N–H and O–H groups in total. The van der Waals surface area contributed by atoms with Crippen LogP contribution < -0.4 is 11.5 Å². The van der Waals surface area contributed by atoms with Crippen molar-refractivity contribution in [3.63, 3.8) is 0 Å². The molecular weight excluding hydrogens is 222 g/mol. The molecule has 0 saturated carbocycles. The molecule has 7 heteroatoms. The summed E-state index contributed by atoms with van der Waals surface area (Å²) in [5.74, 6) is 0.0123. The van der Waals surface area contributed by atoms with E-state index in [0.29, 0.717) is 19.6 Å². The van der Waals surface area contributed by atoms with Crippen LogP contribution in [0, 0.1) is 0 Å². The van der Waals surface area contributed by atoms with Gasteiger partial charge in [-0.2, -0.15) is 0 Å². The van der Waals surface area contributed by atoms with Crippen LogP contribution in [-0.4, -0.2) is 38.9 Å². The van der Waals surface area contributed by atoms with Crippen LogP contribution in [0.2, 0.25) is 0 Å². The van der Waals surface area contributed by atoms with E-state index in [4.69, 9.17) is 11.5 Å². The molecule has 1 atom stereocenters. The standard InChI is InChI=1S/C10H15N5O2/c11-7(5-8(12)16)10(17)15-4-3-14-2-1-13-9(14)6-15/h1-2,7H,3-6,11H2,(H2,12,16). The molecule has 1 aromatic rings. The van der Waals surface area contributed by atoms with E-state index in [0.717, 1.165) is 5.82 Å². The van der Waals surface area contributed by atoms with Gasteiger partial charge >= 0.3 is 0 Å². The third-order valence-corrected chi connectivity index (χ3v) is 2.79. The van der Waals surface area contributed by atoms with Gasteiger partial charge in [-0.05, 0) is 0 Å². The van der Waals surface area contributed by atoms with Gasteiger partial charge in [-0.1, -0.05) is 0 Å². The van der Waals surface area contributed by atoms with Crippen molar-refractivity contribution in [1.29, 1.82) is 0 Å². The van der Waals surface area contributed by atoms with Gasteiger partial charge in [0.25, 0.3) is 0 Å². The number of nitrogens with zero attached hydrogens (tertiary/aromatic N) is 3. The predicted molar refractivity (Wildman–Crippen MR) is 59.4 cm³/mol. The predicted octanol–water partition coefficient (Wildman–Crippen LogP) is -1.57. The van der Waals surface area contributed by atoms with Crippen molar-refractivity contribution in [2.75, 3.05) is 6.54 Å². The van der Waals surface area contributed by atoms with Crippen molar-refractivity contribution in [1.82, 2.24) is 14.5 Å². The molecule has 0 bridgehead atoms. The van der Waals surface area contributed by atoms with Crippen LogP contribution in [0.4, 0.5) is 0 Å². The summed E-state index contributed by atoms with van der Waals surface area (Å²) in [5, 5.41) is 0. The molecule has 17 heavy (non-hydrogen) atoms. The number of fused-ring (bicyclic) bond motifs is 1. The average molecular weight is 237 g/mol. The number of rotatable bonds is 3. The summed E-state index contributed by atoms with van der Waals surface area (Å²) >= 11 is 0. The smallest absolute Gasteiger partial charge is 0.240 e. The van der Waals surface area contributed by atoms with E-state index in [9.17, 15) is 9.59 Å². The summed E-state index contributed by atoms with van der Waals surface area (Å²) in [7, 11) is 0. The van der Waals surface area contributed by atoms with Crippen LogP contribution in [0.15, 0.2) is 12.4 Å². The largest absolute Gasteiger partial charge is 0.370 e. The zero-order valence-electron chi connectivity index (χ0n) is 9.37. The minimum atomic E-state index is -0.853. The second-order valence-electron chi connectivity index (χ2n) is 4.07. The normalized spacial score (nSPS) is 16.4.